The standard InChI is InChI=1S/C25H26N6O/c1-31-8-5-21(6-9-31)32-22-11-20(15-27-16-22)23-12-19(18-2-3-18)13-25(29-23)30-24-10-17(14-26)4-7-28-24/h4,7,10-13,15-16,18,21H,2-3,5-6,8-9H2,1H3,(H,28,29,30). The predicted octanol–water partition coefficient (Wildman–Crippen LogP) is 4.50. The highest BCUT2D eigenvalue weighted by Gasteiger charge is 2.25. The van der Waals surface area contributed by atoms with Crippen molar-refractivity contribution in [2.75, 3.05) is 25.5 Å². The molecule has 0 atom stereocenters. The van der Waals surface area contributed by atoms with Gasteiger partial charge in [0.25, 0.3) is 0 Å². The highest BCUT2D eigenvalue weighted by molar-refractivity contribution is 5.65. The summed E-state index contributed by atoms with van der Waals surface area (Å²) in [6.45, 7) is 2.11. The molecule has 1 aliphatic heterocycles. The maximum Gasteiger partial charge on any atom is 0.138 e. The van der Waals surface area contributed by atoms with Crippen LogP contribution in [0.3, 0.4) is 0 Å². The van der Waals surface area contributed by atoms with Crippen LogP contribution in [-0.4, -0.2) is 46.1 Å². The van der Waals surface area contributed by atoms with Crippen LogP contribution in [0.25, 0.3) is 11.3 Å². The van der Waals surface area contributed by atoms with E-state index in [1.54, 1.807) is 24.5 Å². The molecule has 5 rings (SSSR count). The van der Waals surface area contributed by atoms with Crippen molar-refractivity contribution in [3.63, 3.8) is 0 Å². The van der Waals surface area contributed by atoms with Gasteiger partial charge in [-0.15, -0.1) is 0 Å². The molecule has 2 aliphatic rings. The number of anilines is 2. The summed E-state index contributed by atoms with van der Waals surface area (Å²) in [6, 6.07) is 11.8. The fraction of sp³-hybridized carbons (Fsp3) is 0.360. The van der Waals surface area contributed by atoms with Crippen molar-refractivity contribution in [3.8, 4) is 23.1 Å². The van der Waals surface area contributed by atoms with E-state index in [4.69, 9.17) is 15.0 Å². The molecular weight excluding hydrogens is 400 g/mol. The second kappa shape index (κ2) is 8.93. The molecule has 0 aromatic carbocycles. The molecule has 3 aromatic rings. The molecular formula is C25H26N6O. The van der Waals surface area contributed by atoms with E-state index in [9.17, 15) is 0 Å². The van der Waals surface area contributed by atoms with Crippen LogP contribution in [0.4, 0.5) is 11.6 Å². The first-order chi connectivity index (χ1) is 15.7. The van der Waals surface area contributed by atoms with Crippen LogP contribution in [-0.2, 0) is 0 Å². The van der Waals surface area contributed by atoms with E-state index in [0.717, 1.165) is 42.9 Å². The monoisotopic (exact) mass is 426 g/mol. The SMILES string of the molecule is CN1CCC(Oc2cncc(-c3cc(C4CC4)cc(Nc4cc(C#N)ccn4)n3)c2)CC1. The lowest BCUT2D eigenvalue weighted by molar-refractivity contribution is 0.114. The van der Waals surface area contributed by atoms with Gasteiger partial charge < -0.3 is 15.0 Å². The Hall–Kier alpha value is -3.50. The molecule has 7 nitrogen and oxygen atoms in total. The largest absolute Gasteiger partial charge is 0.489 e. The zero-order valence-corrected chi connectivity index (χ0v) is 18.2. The molecule has 1 N–H and O–H groups in total. The molecule has 3 aromatic heterocycles. The molecule has 0 unspecified atom stereocenters. The number of likely N-dealkylation sites (tertiary alicyclic amines) is 1. The summed E-state index contributed by atoms with van der Waals surface area (Å²) >= 11 is 0. The molecule has 1 saturated carbocycles. The van der Waals surface area contributed by atoms with Gasteiger partial charge >= 0.3 is 0 Å². The van der Waals surface area contributed by atoms with E-state index in [1.807, 2.05) is 12.3 Å². The minimum atomic E-state index is 0.227. The fourth-order valence-electron chi connectivity index (χ4n) is 4.03. The first-order valence-electron chi connectivity index (χ1n) is 11.1. The zero-order chi connectivity index (χ0) is 21.9. The van der Waals surface area contributed by atoms with Gasteiger partial charge in [0, 0.05) is 31.0 Å². The lowest BCUT2D eigenvalue weighted by Crippen LogP contribution is -2.35. The number of rotatable bonds is 6. The lowest BCUT2D eigenvalue weighted by Gasteiger charge is -2.29. The number of nitrogens with one attached hydrogen (secondary N) is 1. The van der Waals surface area contributed by atoms with E-state index in [-0.39, 0.29) is 6.10 Å². The summed E-state index contributed by atoms with van der Waals surface area (Å²) in [4.78, 5) is 15.9. The normalized spacial score (nSPS) is 17.0. The van der Waals surface area contributed by atoms with E-state index < -0.39 is 0 Å². The molecule has 7 heteroatoms. The van der Waals surface area contributed by atoms with Gasteiger partial charge in [0.2, 0.25) is 0 Å². The molecule has 2 fully saturated rings. The number of aromatic nitrogens is 3. The maximum atomic E-state index is 9.16. The predicted molar refractivity (Wildman–Crippen MR) is 123 cm³/mol. The van der Waals surface area contributed by atoms with Gasteiger partial charge in [0.05, 0.1) is 23.5 Å². The average molecular weight is 427 g/mol. The molecule has 0 radical (unpaired) electrons. The first-order valence-corrected chi connectivity index (χ1v) is 11.1. The van der Waals surface area contributed by atoms with Gasteiger partial charge in [-0.2, -0.15) is 5.26 Å². The van der Waals surface area contributed by atoms with Gasteiger partial charge in [0.15, 0.2) is 0 Å². The van der Waals surface area contributed by atoms with Crippen LogP contribution in [0.15, 0.2) is 48.9 Å². The molecule has 1 saturated heterocycles. The van der Waals surface area contributed by atoms with Crippen LogP contribution in [0.1, 0.15) is 42.7 Å². The Morgan fingerprint density at radius 1 is 1.06 bits per heavy atom. The van der Waals surface area contributed by atoms with E-state index >= 15 is 0 Å². The highest BCUT2D eigenvalue weighted by Crippen LogP contribution is 2.42. The number of nitrogens with zero attached hydrogens (tertiary/aromatic N) is 5. The third kappa shape index (κ3) is 4.87. The minimum Gasteiger partial charge on any atom is -0.489 e. The quantitative estimate of drug-likeness (QED) is 0.621. The Morgan fingerprint density at radius 3 is 2.69 bits per heavy atom. The van der Waals surface area contributed by atoms with Crippen LogP contribution in [0.5, 0.6) is 5.75 Å². The van der Waals surface area contributed by atoms with Crippen LogP contribution < -0.4 is 10.1 Å². The van der Waals surface area contributed by atoms with Crippen molar-refractivity contribution in [3.05, 3.63) is 60.0 Å². The third-order valence-corrected chi connectivity index (χ3v) is 6.02. The van der Waals surface area contributed by atoms with E-state index in [0.29, 0.717) is 23.1 Å². The van der Waals surface area contributed by atoms with E-state index in [2.05, 4.69) is 45.4 Å². The Morgan fingerprint density at radius 2 is 1.91 bits per heavy atom. The zero-order valence-electron chi connectivity index (χ0n) is 18.2. The second-order valence-corrected chi connectivity index (χ2v) is 8.64. The van der Waals surface area contributed by atoms with Gasteiger partial charge in [-0.05, 0) is 74.5 Å². The van der Waals surface area contributed by atoms with Crippen LogP contribution in [0, 0.1) is 11.3 Å². The average Bonchev–Trinajstić information content (AvgIpc) is 3.66. The summed E-state index contributed by atoms with van der Waals surface area (Å²) < 4.78 is 6.23. The van der Waals surface area contributed by atoms with Crippen molar-refractivity contribution in [1.82, 2.24) is 19.9 Å². The smallest absolute Gasteiger partial charge is 0.138 e. The summed E-state index contributed by atoms with van der Waals surface area (Å²) in [5.41, 5.74) is 3.61. The van der Waals surface area contributed by atoms with Crippen LogP contribution in [0.2, 0.25) is 0 Å². The number of nitriles is 1. The van der Waals surface area contributed by atoms with Crippen molar-refractivity contribution in [1.29, 1.82) is 5.26 Å². The Labute approximate surface area is 188 Å². The molecule has 4 heterocycles. The Bertz CT molecular complexity index is 1150. The first kappa shape index (κ1) is 20.4. The third-order valence-electron chi connectivity index (χ3n) is 6.02. The summed E-state index contributed by atoms with van der Waals surface area (Å²) in [5.74, 6) is 2.68. The number of hydrogen-bond donors (Lipinski definition) is 1. The lowest BCUT2D eigenvalue weighted by atomic mass is 10.1. The van der Waals surface area contributed by atoms with Crippen LogP contribution >= 0.6 is 0 Å². The number of hydrogen-bond acceptors (Lipinski definition) is 7. The highest BCUT2D eigenvalue weighted by atomic mass is 16.5. The molecule has 32 heavy (non-hydrogen) atoms. The van der Waals surface area contributed by atoms with E-state index in [1.165, 1.54) is 18.4 Å². The van der Waals surface area contributed by atoms with Gasteiger partial charge in [-0.3, -0.25) is 4.98 Å². The topological polar surface area (TPSA) is 87.0 Å². The van der Waals surface area contributed by atoms with Gasteiger partial charge in [-0.25, -0.2) is 9.97 Å². The van der Waals surface area contributed by atoms with Crippen molar-refractivity contribution < 1.29 is 4.74 Å². The molecule has 0 spiro atoms. The number of pyridine rings is 3. The minimum absolute atomic E-state index is 0.227. The van der Waals surface area contributed by atoms with Gasteiger partial charge in [-0.1, -0.05) is 0 Å². The summed E-state index contributed by atoms with van der Waals surface area (Å²) in [6.07, 6.45) is 9.91. The Balaban J connectivity index is 1.41. The summed E-state index contributed by atoms with van der Waals surface area (Å²) in [7, 11) is 2.15. The second-order valence-electron chi connectivity index (χ2n) is 8.64. The maximum absolute atomic E-state index is 9.16. The molecule has 0 bridgehead atoms. The van der Waals surface area contributed by atoms with Crippen molar-refractivity contribution >= 4 is 11.6 Å². The van der Waals surface area contributed by atoms with Crippen molar-refractivity contribution in [2.45, 2.75) is 37.7 Å². The Kier molecular flexibility index (Phi) is 5.70. The molecule has 162 valence electrons. The van der Waals surface area contributed by atoms with Gasteiger partial charge in [0.1, 0.15) is 23.5 Å². The molecule has 0 amide bonds. The van der Waals surface area contributed by atoms with Crippen molar-refractivity contribution in [2.24, 2.45) is 0 Å². The molecule has 1 aliphatic carbocycles. The number of ether oxygens (including phenoxy) is 1. The number of piperidine rings is 1. The summed E-state index contributed by atoms with van der Waals surface area (Å²) in [5, 5.41) is 12.4. The fourth-order valence-corrected chi connectivity index (χ4v) is 4.03.